The van der Waals surface area contributed by atoms with Crippen LogP contribution in [0.15, 0.2) is 90.0 Å². The number of rotatable bonds is 5. The van der Waals surface area contributed by atoms with Gasteiger partial charge in [-0.05, 0) is 67.1 Å². The molecule has 2 N–H and O–H groups in total. The van der Waals surface area contributed by atoms with Crippen molar-refractivity contribution in [3.05, 3.63) is 96.2 Å². The van der Waals surface area contributed by atoms with Gasteiger partial charge in [-0.15, -0.1) is 0 Å². The van der Waals surface area contributed by atoms with Crippen LogP contribution in [-0.2, 0) is 10.0 Å². The summed E-state index contributed by atoms with van der Waals surface area (Å²) in [5.41, 5.74) is 3.08. The van der Waals surface area contributed by atoms with Crippen molar-refractivity contribution >= 4 is 38.2 Å². The number of sulfonamides is 1. The Hall–Kier alpha value is -3.71. The zero-order valence-corrected chi connectivity index (χ0v) is 17.0. The molecule has 0 fully saturated rings. The average Bonchev–Trinajstić information content (AvgIpc) is 2.73. The highest BCUT2D eigenvalue weighted by molar-refractivity contribution is 7.92. The van der Waals surface area contributed by atoms with Crippen molar-refractivity contribution in [1.29, 1.82) is 0 Å². The van der Waals surface area contributed by atoms with Crippen molar-refractivity contribution in [3.8, 4) is 0 Å². The van der Waals surface area contributed by atoms with Crippen LogP contribution < -0.4 is 10.0 Å². The van der Waals surface area contributed by atoms with Crippen molar-refractivity contribution in [3.63, 3.8) is 0 Å². The van der Waals surface area contributed by atoms with E-state index in [1.54, 1.807) is 42.6 Å². The minimum Gasteiger partial charge on any atom is -0.322 e. The number of hydrogen-bond donors (Lipinski definition) is 2. The lowest BCUT2D eigenvalue weighted by Gasteiger charge is -2.10. The molecule has 150 valence electrons. The second-order valence-corrected chi connectivity index (χ2v) is 8.55. The third-order valence-corrected chi connectivity index (χ3v) is 5.92. The summed E-state index contributed by atoms with van der Waals surface area (Å²) in [6.07, 6.45) is 1.71. The first kappa shape index (κ1) is 19.6. The topological polar surface area (TPSA) is 88.2 Å². The quantitative estimate of drug-likeness (QED) is 0.497. The smallest absolute Gasteiger partial charge is 0.261 e. The SMILES string of the molecule is Cc1cccc(NS(=O)(=O)c2cccc(C(=O)Nc3ccc4ncccc4c3)c2)c1. The molecular weight excluding hydrogens is 398 g/mol. The van der Waals surface area contributed by atoms with Gasteiger partial charge in [-0.3, -0.25) is 14.5 Å². The van der Waals surface area contributed by atoms with E-state index in [2.05, 4.69) is 15.0 Å². The number of carbonyl (C=O) groups excluding carboxylic acids is 1. The van der Waals surface area contributed by atoms with Gasteiger partial charge in [0.1, 0.15) is 0 Å². The van der Waals surface area contributed by atoms with Crippen LogP contribution >= 0.6 is 0 Å². The van der Waals surface area contributed by atoms with Gasteiger partial charge in [0.25, 0.3) is 15.9 Å². The Morgan fingerprint density at radius 1 is 0.867 bits per heavy atom. The van der Waals surface area contributed by atoms with E-state index in [4.69, 9.17) is 0 Å². The second-order valence-electron chi connectivity index (χ2n) is 6.87. The van der Waals surface area contributed by atoms with E-state index in [9.17, 15) is 13.2 Å². The van der Waals surface area contributed by atoms with Crippen LogP contribution in [-0.4, -0.2) is 19.3 Å². The zero-order chi connectivity index (χ0) is 21.1. The summed E-state index contributed by atoms with van der Waals surface area (Å²) in [7, 11) is -3.83. The first-order valence-electron chi connectivity index (χ1n) is 9.26. The summed E-state index contributed by atoms with van der Waals surface area (Å²) in [5, 5.41) is 3.70. The van der Waals surface area contributed by atoms with Gasteiger partial charge < -0.3 is 5.32 Å². The van der Waals surface area contributed by atoms with Crippen LogP contribution in [0.4, 0.5) is 11.4 Å². The van der Waals surface area contributed by atoms with E-state index < -0.39 is 15.9 Å². The summed E-state index contributed by atoms with van der Waals surface area (Å²) in [6, 6.07) is 22.1. The number of benzene rings is 3. The Kier molecular flexibility index (Phi) is 5.20. The standard InChI is InChI=1S/C23H19N3O3S/c1-16-5-2-8-20(13-16)26-30(28,29)21-9-3-6-18(15-21)23(27)25-19-10-11-22-17(14-19)7-4-12-24-22/h2-15,26H,1H3,(H,25,27). The maximum absolute atomic E-state index is 12.7. The Balaban J connectivity index is 1.56. The molecular formula is C23H19N3O3S. The van der Waals surface area contributed by atoms with Gasteiger partial charge >= 0.3 is 0 Å². The van der Waals surface area contributed by atoms with E-state index in [1.165, 1.54) is 12.1 Å². The average molecular weight is 417 g/mol. The van der Waals surface area contributed by atoms with Crippen LogP contribution in [0.2, 0.25) is 0 Å². The predicted octanol–water partition coefficient (Wildman–Crippen LogP) is 4.60. The lowest BCUT2D eigenvalue weighted by atomic mass is 10.1. The molecule has 0 radical (unpaired) electrons. The van der Waals surface area contributed by atoms with Gasteiger partial charge in [0.15, 0.2) is 0 Å². The Morgan fingerprint density at radius 2 is 1.70 bits per heavy atom. The maximum Gasteiger partial charge on any atom is 0.261 e. The highest BCUT2D eigenvalue weighted by atomic mass is 32.2. The fraction of sp³-hybridized carbons (Fsp3) is 0.0435. The Morgan fingerprint density at radius 3 is 2.53 bits per heavy atom. The highest BCUT2D eigenvalue weighted by Gasteiger charge is 2.17. The molecule has 1 amide bonds. The number of nitrogens with zero attached hydrogens (tertiary/aromatic N) is 1. The fourth-order valence-corrected chi connectivity index (χ4v) is 4.18. The number of fused-ring (bicyclic) bond motifs is 1. The third-order valence-electron chi connectivity index (χ3n) is 4.54. The molecule has 30 heavy (non-hydrogen) atoms. The summed E-state index contributed by atoms with van der Waals surface area (Å²) < 4.78 is 28.0. The highest BCUT2D eigenvalue weighted by Crippen LogP contribution is 2.20. The molecule has 1 aromatic heterocycles. The monoisotopic (exact) mass is 417 g/mol. The number of hydrogen-bond acceptors (Lipinski definition) is 4. The van der Waals surface area contributed by atoms with Crippen molar-refractivity contribution in [2.75, 3.05) is 10.0 Å². The lowest BCUT2D eigenvalue weighted by molar-refractivity contribution is 0.102. The van der Waals surface area contributed by atoms with Crippen LogP contribution in [0.3, 0.4) is 0 Å². The summed E-state index contributed by atoms with van der Waals surface area (Å²) >= 11 is 0. The minimum atomic E-state index is -3.83. The maximum atomic E-state index is 12.7. The van der Waals surface area contributed by atoms with Crippen molar-refractivity contribution in [2.24, 2.45) is 0 Å². The van der Waals surface area contributed by atoms with Crippen LogP contribution in [0.1, 0.15) is 15.9 Å². The van der Waals surface area contributed by atoms with E-state index >= 15 is 0 Å². The molecule has 0 aliphatic heterocycles. The van der Waals surface area contributed by atoms with E-state index in [0.29, 0.717) is 11.4 Å². The van der Waals surface area contributed by atoms with Gasteiger partial charge in [0.2, 0.25) is 0 Å². The normalized spacial score (nSPS) is 11.2. The van der Waals surface area contributed by atoms with Crippen LogP contribution in [0.25, 0.3) is 10.9 Å². The van der Waals surface area contributed by atoms with Gasteiger partial charge in [0.05, 0.1) is 10.4 Å². The fourth-order valence-electron chi connectivity index (χ4n) is 3.08. The number of anilines is 2. The first-order valence-corrected chi connectivity index (χ1v) is 10.7. The first-order chi connectivity index (χ1) is 14.4. The molecule has 0 unspecified atom stereocenters. The molecule has 0 spiro atoms. The number of aromatic nitrogens is 1. The zero-order valence-electron chi connectivity index (χ0n) is 16.2. The predicted molar refractivity (Wildman–Crippen MR) is 118 cm³/mol. The van der Waals surface area contributed by atoms with E-state index in [0.717, 1.165) is 16.5 Å². The molecule has 3 aromatic carbocycles. The van der Waals surface area contributed by atoms with E-state index in [1.807, 2.05) is 37.3 Å². The number of amides is 1. The summed E-state index contributed by atoms with van der Waals surface area (Å²) in [6.45, 7) is 1.88. The second kappa shape index (κ2) is 7.96. The Labute approximate surface area is 174 Å². The van der Waals surface area contributed by atoms with Crippen molar-refractivity contribution in [2.45, 2.75) is 11.8 Å². The van der Waals surface area contributed by atoms with E-state index in [-0.39, 0.29) is 10.5 Å². The molecule has 1 heterocycles. The summed E-state index contributed by atoms with van der Waals surface area (Å²) in [4.78, 5) is 17.0. The van der Waals surface area contributed by atoms with Gasteiger partial charge in [-0.2, -0.15) is 0 Å². The lowest BCUT2D eigenvalue weighted by Crippen LogP contribution is -2.16. The van der Waals surface area contributed by atoms with Crippen LogP contribution in [0, 0.1) is 6.92 Å². The molecule has 7 heteroatoms. The molecule has 4 rings (SSSR count). The van der Waals surface area contributed by atoms with Gasteiger partial charge in [0, 0.05) is 28.5 Å². The number of aryl methyl sites for hydroxylation is 1. The van der Waals surface area contributed by atoms with Gasteiger partial charge in [-0.1, -0.05) is 24.3 Å². The molecule has 0 saturated heterocycles. The molecule has 0 bridgehead atoms. The molecule has 0 atom stereocenters. The minimum absolute atomic E-state index is 0.0133. The molecule has 0 saturated carbocycles. The third kappa shape index (κ3) is 4.31. The molecule has 4 aromatic rings. The Bertz CT molecular complexity index is 1350. The summed E-state index contributed by atoms with van der Waals surface area (Å²) in [5.74, 6) is -0.397. The molecule has 0 aliphatic rings. The largest absolute Gasteiger partial charge is 0.322 e. The molecule has 6 nitrogen and oxygen atoms in total. The van der Waals surface area contributed by atoms with Crippen molar-refractivity contribution < 1.29 is 13.2 Å². The van der Waals surface area contributed by atoms with Crippen LogP contribution in [0.5, 0.6) is 0 Å². The number of carbonyl (C=O) groups is 1. The van der Waals surface area contributed by atoms with Crippen molar-refractivity contribution in [1.82, 2.24) is 4.98 Å². The van der Waals surface area contributed by atoms with Gasteiger partial charge in [-0.25, -0.2) is 8.42 Å². The number of nitrogens with one attached hydrogen (secondary N) is 2. The molecule has 0 aliphatic carbocycles. The number of pyridine rings is 1.